The Hall–Kier alpha value is -1.58. The fourth-order valence-corrected chi connectivity index (χ4v) is 2.82. The maximum atomic E-state index is 10.9. The summed E-state index contributed by atoms with van der Waals surface area (Å²) in [7, 11) is 0. The molecule has 1 aliphatic rings. The zero-order valence-corrected chi connectivity index (χ0v) is 11.6. The fraction of sp³-hybridized carbons (Fsp3) is 0.600. The molecule has 1 aromatic heterocycles. The summed E-state index contributed by atoms with van der Waals surface area (Å²) in [4.78, 5) is 15.2. The number of aromatic nitrogens is 1. The Kier molecular flexibility index (Phi) is 4.40. The van der Waals surface area contributed by atoms with Crippen molar-refractivity contribution in [3.05, 3.63) is 23.4 Å². The zero-order chi connectivity index (χ0) is 13.8. The molecule has 1 heterocycles. The number of nitrogens with one attached hydrogen (secondary N) is 1. The van der Waals surface area contributed by atoms with E-state index in [1.807, 2.05) is 0 Å². The highest BCUT2D eigenvalue weighted by Gasteiger charge is 2.21. The number of aromatic carboxylic acids is 1. The lowest BCUT2D eigenvalue weighted by Gasteiger charge is -2.29. The van der Waals surface area contributed by atoms with Crippen LogP contribution in [0.5, 0.6) is 0 Å². The van der Waals surface area contributed by atoms with E-state index in [-0.39, 0.29) is 5.56 Å². The molecule has 1 aliphatic carbocycles. The number of carboxylic acid groups (broad SMARTS) is 1. The van der Waals surface area contributed by atoms with Gasteiger partial charge in [0.15, 0.2) is 0 Å². The molecule has 0 aromatic carbocycles. The molecule has 0 spiro atoms. The van der Waals surface area contributed by atoms with Crippen LogP contribution in [0.1, 0.15) is 48.7 Å². The second-order valence-corrected chi connectivity index (χ2v) is 5.54. The van der Waals surface area contributed by atoms with Crippen LogP contribution >= 0.6 is 0 Å². The third-order valence-electron chi connectivity index (χ3n) is 4.15. The van der Waals surface area contributed by atoms with E-state index in [4.69, 9.17) is 5.11 Å². The maximum Gasteiger partial charge on any atom is 0.337 e. The molecule has 0 amide bonds. The Morgan fingerprint density at radius 1 is 1.42 bits per heavy atom. The van der Waals surface area contributed by atoms with Gasteiger partial charge in [0.2, 0.25) is 0 Å². The standard InChI is InChI=1S/C15H22N2O2/c1-10-5-3-4-6-12(10)9-16-14-8-7-13(15(18)19)11(2)17-14/h7-8,10,12H,3-6,9H2,1-2H3,(H,16,17)(H,18,19). The lowest BCUT2D eigenvalue weighted by Crippen LogP contribution is -2.24. The average Bonchev–Trinajstić information content (AvgIpc) is 2.37. The van der Waals surface area contributed by atoms with Crippen LogP contribution in [-0.2, 0) is 0 Å². The Labute approximate surface area is 114 Å². The Morgan fingerprint density at radius 3 is 2.79 bits per heavy atom. The van der Waals surface area contributed by atoms with Crippen molar-refractivity contribution in [1.82, 2.24) is 4.98 Å². The third-order valence-corrected chi connectivity index (χ3v) is 4.15. The molecule has 2 atom stereocenters. The first kappa shape index (κ1) is 13.8. The summed E-state index contributed by atoms with van der Waals surface area (Å²) in [5.41, 5.74) is 0.839. The van der Waals surface area contributed by atoms with Gasteiger partial charge >= 0.3 is 5.97 Å². The van der Waals surface area contributed by atoms with Gasteiger partial charge in [0, 0.05) is 6.54 Å². The molecule has 0 radical (unpaired) electrons. The van der Waals surface area contributed by atoms with Crippen molar-refractivity contribution in [3.8, 4) is 0 Å². The summed E-state index contributed by atoms with van der Waals surface area (Å²) >= 11 is 0. The molecule has 1 aromatic rings. The average molecular weight is 262 g/mol. The SMILES string of the molecule is Cc1nc(NCC2CCCCC2C)ccc1C(=O)O. The number of pyridine rings is 1. The van der Waals surface area contributed by atoms with Gasteiger partial charge in [-0.25, -0.2) is 9.78 Å². The van der Waals surface area contributed by atoms with E-state index in [0.29, 0.717) is 11.6 Å². The monoisotopic (exact) mass is 262 g/mol. The highest BCUT2D eigenvalue weighted by Crippen LogP contribution is 2.29. The van der Waals surface area contributed by atoms with E-state index < -0.39 is 5.97 Å². The fourth-order valence-electron chi connectivity index (χ4n) is 2.82. The zero-order valence-electron chi connectivity index (χ0n) is 11.6. The van der Waals surface area contributed by atoms with Crippen LogP contribution in [0.25, 0.3) is 0 Å². The van der Waals surface area contributed by atoms with E-state index in [9.17, 15) is 4.79 Å². The normalized spacial score (nSPS) is 23.1. The van der Waals surface area contributed by atoms with Gasteiger partial charge in [0.1, 0.15) is 5.82 Å². The molecule has 1 saturated carbocycles. The lowest BCUT2D eigenvalue weighted by molar-refractivity contribution is 0.0695. The lowest BCUT2D eigenvalue weighted by atomic mass is 9.80. The second kappa shape index (κ2) is 6.04. The van der Waals surface area contributed by atoms with Crippen LogP contribution < -0.4 is 5.32 Å². The predicted molar refractivity (Wildman–Crippen MR) is 75.5 cm³/mol. The van der Waals surface area contributed by atoms with Crippen molar-refractivity contribution in [2.75, 3.05) is 11.9 Å². The number of carbonyl (C=O) groups is 1. The molecular formula is C15H22N2O2. The summed E-state index contributed by atoms with van der Waals surface area (Å²) in [6.45, 7) is 4.98. The molecule has 4 nitrogen and oxygen atoms in total. The van der Waals surface area contributed by atoms with Crippen molar-refractivity contribution in [1.29, 1.82) is 0 Å². The number of rotatable bonds is 4. The second-order valence-electron chi connectivity index (χ2n) is 5.54. The number of hydrogen-bond donors (Lipinski definition) is 2. The molecule has 19 heavy (non-hydrogen) atoms. The first-order valence-corrected chi connectivity index (χ1v) is 7.02. The van der Waals surface area contributed by atoms with Crippen molar-refractivity contribution in [2.45, 2.75) is 39.5 Å². The van der Waals surface area contributed by atoms with Gasteiger partial charge in [-0.2, -0.15) is 0 Å². The van der Waals surface area contributed by atoms with E-state index in [0.717, 1.165) is 18.3 Å². The van der Waals surface area contributed by atoms with Crippen LogP contribution in [0.15, 0.2) is 12.1 Å². The number of carboxylic acids is 1. The molecule has 2 N–H and O–H groups in total. The molecule has 0 aliphatic heterocycles. The van der Waals surface area contributed by atoms with Gasteiger partial charge in [0.05, 0.1) is 11.3 Å². The van der Waals surface area contributed by atoms with E-state index >= 15 is 0 Å². The minimum Gasteiger partial charge on any atom is -0.478 e. The summed E-state index contributed by atoms with van der Waals surface area (Å²) in [6, 6.07) is 3.38. The van der Waals surface area contributed by atoms with Crippen LogP contribution in [0.2, 0.25) is 0 Å². The Balaban J connectivity index is 1.96. The van der Waals surface area contributed by atoms with Crippen LogP contribution in [0.3, 0.4) is 0 Å². The van der Waals surface area contributed by atoms with Gasteiger partial charge in [-0.15, -0.1) is 0 Å². The first-order chi connectivity index (χ1) is 9.08. The molecule has 4 heteroatoms. The molecule has 0 bridgehead atoms. The topological polar surface area (TPSA) is 62.2 Å². The molecular weight excluding hydrogens is 240 g/mol. The molecule has 104 valence electrons. The van der Waals surface area contributed by atoms with E-state index in [2.05, 4.69) is 17.2 Å². The van der Waals surface area contributed by atoms with Gasteiger partial charge < -0.3 is 10.4 Å². The maximum absolute atomic E-state index is 10.9. The molecule has 2 rings (SSSR count). The van der Waals surface area contributed by atoms with E-state index in [1.165, 1.54) is 25.7 Å². The highest BCUT2D eigenvalue weighted by atomic mass is 16.4. The van der Waals surface area contributed by atoms with E-state index in [1.54, 1.807) is 19.1 Å². The van der Waals surface area contributed by atoms with Crippen LogP contribution in [0.4, 0.5) is 5.82 Å². The van der Waals surface area contributed by atoms with Gasteiger partial charge in [-0.05, 0) is 37.3 Å². The van der Waals surface area contributed by atoms with Gasteiger partial charge in [-0.1, -0.05) is 26.2 Å². The summed E-state index contributed by atoms with van der Waals surface area (Å²) in [5.74, 6) is 1.33. The Bertz CT molecular complexity index is 459. The smallest absolute Gasteiger partial charge is 0.337 e. The number of nitrogens with zero attached hydrogens (tertiary/aromatic N) is 1. The van der Waals surface area contributed by atoms with Gasteiger partial charge in [-0.3, -0.25) is 0 Å². The largest absolute Gasteiger partial charge is 0.478 e. The van der Waals surface area contributed by atoms with Crippen molar-refractivity contribution >= 4 is 11.8 Å². The minimum absolute atomic E-state index is 0.275. The van der Waals surface area contributed by atoms with Crippen LogP contribution in [-0.4, -0.2) is 22.6 Å². The number of anilines is 1. The minimum atomic E-state index is -0.919. The predicted octanol–water partition coefficient (Wildman–Crippen LogP) is 3.33. The molecule has 1 fully saturated rings. The van der Waals surface area contributed by atoms with Crippen molar-refractivity contribution in [2.24, 2.45) is 11.8 Å². The number of aryl methyl sites for hydroxylation is 1. The summed E-state index contributed by atoms with van der Waals surface area (Å²) in [6.07, 6.45) is 5.26. The van der Waals surface area contributed by atoms with Crippen molar-refractivity contribution in [3.63, 3.8) is 0 Å². The van der Waals surface area contributed by atoms with Gasteiger partial charge in [0.25, 0.3) is 0 Å². The molecule has 0 saturated heterocycles. The van der Waals surface area contributed by atoms with Crippen LogP contribution in [0, 0.1) is 18.8 Å². The Morgan fingerprint density at radius 2 is 2.16 bits per heavy atom. The first-order valence-electron chi connectivity index (χ1n) is 7.02. The van der Waals surface area contributed by atoms with Crippen molar-refractivity contribution < 1.29 is 9.90 Å². The summed E-state index contributed by atoms with van der Waals surface area (Å²) < 4.78 is 0. The third kappa shape index (κ3) is 3.46. The number of hydrogen-bond acceptors (Lipinski definition) is 3. The molecule has 2 unspecified atom stereocenters. The highest BCUT2D eigenvalue weighted by molar-refractivity contribution is 5.89. The summed E-state index contributed by atoms with van der Waals surface area (Å²) in [5, 5.41) is 12.3. The quantitative estimate of drug-likeness (QED) is 0.873.